The average Bonchev–Trinajstić information content (AvgIpc) is 2.45. The molecule has 0 aromatic heterocycles. The summed E-state index contributed by atoms with van der Waals surface area (Å²) in [6.07, 6.45) is -2.89. The van der Waals surface area contributed by atoms with Crippen molar-refractivity contribution in [3.8, 4) is 0 Å². The summed E-state index contributed by atoms with van der Waals surface area (Å²) in [7, 11) is 0. The molecule has 2 nitrogen and oxygen atoms in total. The fourth-order valence-electron chi connectivity index (χ4n) is 2.73. The fraction of sp³-hybridized carbons (Fsp3) is 0.562. The molecular formula is C16H19BrF3NO. The van der Waals surface area contributed by atoms with Crippen LogP contribution in [0, 0.1) is 12.8 Å². The summed E-state index contributed by atoms with van der Waals surface area (Å²) < 4.78 is 39.3. The van der Waals surface area contributed by atoms with Gasteiger partial charge in [0.1, 0.15) is 0 Å². The number of carbonyl (C=O) groups excluding carboxylic acids is 1. The monoisotopic (exact) mass is 377 g/mol. The molecule has 0 aliphatic carbocycles. The van der Waals surface area contributed by atoms with Crippen LogP contribution < -0.4 is 0 Å². The Hall–Kier alpha value is -1.04. The van der Waals surface area contributed by atoms with Crippen LogP contribution in [0.5, 0.6) is 0 Å². The minimum absolute atomic E-state index is 0.122. The van der Waals surface area contributed by atoms with Gasteiger partial charge in [0.05, 0.1) is 5.92 Å². The van der Waals surface area contributed by atoms with Gasteiger partial charge in [-0.3, -0.25) is 4.79 Å². The lowest BCUT2D eigenvalue weighted by Crippen LogP contribution is -2.44. The van der Waals surface area contributed by atoms with Gasteiger partial charge in [-0.1, -0.05) is 28.1 Å². The smallest absolute Gasteiger partial charge is 0.342 e. The van der Waals surface area contributed by atoms with Crippen LogP contribution in [0.3, 0.4) is 0 Å². The highest BCUT2D eigenvalue weighted by Crippen LogP contribution is 2.33. The molecule has 6 heteroatoms. The second-order valence-corrected chi connectivity index (χ2v) is 6.67. The minimum atomic E-state index is -4.21. The summed E-state index contributed by atoms with van der Waals surface area (Å²) in [6.45, 7) is 2.21. The molecule has 1 aliphatic rings. The number of hydrogen-bond donors (Lipinski definition) is 0. The first kappa shape index (κ1) is 17.3. The van der Waals surface area contributed by atoms with E-state index in [1.807, 2.05) is 25.1 Å². The summed E-state index contributed by atoms with van der Waals surface area (Å²) in [6, 6.07) is 5.88. The van der Waals surface area contributed by atoms with Crippen molar-refractivity contribution in [3.63, 3.8) is 0 Å². The van der Waals surface area contributed by atoms with E-state index in [4.69, 9.17) is 0 Å². The molecule has 1 aliphatic heterocycles. The predicted octanol–water partition coefficient (Wildman–Crippen LogP) is 4.49. The molecule has 0 radical (unpaired) electrons. The molecule has 1 unspecified atom stereocenters. The van der Waals surface area contributed by atoms with E-state index < -0.39 is 12.1 Å². The Bertz CT molecular complexity index is 545. The van der Waals surface area contributed by atoms with Gasteiger partial charge in [-0.25, -0.2) is 0 Å². The molecule has 1 amide bonds. The lowest BCUT2D eigenvalue weighted by molar-refractivity contribution is -0.188. The van der Waals surface area contributed by atoms with Gasteiger partial charge in [0.2, 0.25) is 5.91 Å². The van der Waals surface area contributed by atoms with Gasteiger partial charge in [0, 0.05) is 24.0 Å². The van der Waals surface area contributed by atoms with Gasteiger partial charge in [-0.2, -0.15) is 13.2 Å². The molecule has 1 aromatic carbocycles. The summed E-state index contributed by atoms with van der Waals surface area (Å²) >= 11 is 3.46. The molecule has 1 aromatic rings. The lowest BCUT2D eigenvalue weighted by Gasteiger charge is -2.33. The number of carbonyl (C=O) groups is 1. The van der Waals surface area contributed by atoms with Gasteiger partial charge < -0.3 is 4.90 Å². The van der Waals surface area contributed by atoms with Crippen LogP contribution >= 0.6 is 15.9 Å². The highest BCUT2D eigenvalue weighted by Gasteiger charge is 2.42. The molecule has 1 heterocycles. The number of alkyl halides is 3. The van der Waals surface area contributed by atoms with Crippen molar-refractivity contribution in [1.29, 1.82) is 0 Å². The third kappa shape index (κ3) is 4.48. The first-order valence-electron chi connectivity index (χ1n) is 7.37. The first-order chi connectivity index (χ1) is 10.3. The van der Waals surface area contributed by atoms with E-state index in [-0.39, 0.29) is 25.3 Å². The maximum absolute atomic E-state index is 12.8. The quantitative estimate of drug-likeness (QED) is 0.759. The number of likely N-dealkylation sites (tertiary alicyclic amines) is 1. The summed E-state index contributed by atoms with van der Waals surface area (Å²) in [4.78, 5) is 13.5. The van der Waals surface area contributed by atoms with Crippen LogP contribution in [0.25, 0.3) is 0 Å². The Balaban J connectivity index is 1.92. The standard InChI is InChI=1S/C16H19BrF3NO/c1-11-4-5-12(14(17)9-11)6-7-15(22)21-8-2-3-13(10-21)16(18,19)20/h4-5,9,13H,2-3,6-8,10H2,1H3. The van der Waals surface area contributed by atoms with Crippen LogP contribution in [0.1, 0.15) is 30.4 Å². The number of rotatable bonds is 3. The Morgan fingerprint density at radius 3 is 2.77 bits per heavy atom. The van der Waals surface area contributed by atoms with Gasteiger partial charge in [-0.15, -0.1) is 0 Å². The first-order valence-corrected chi connectivity index (χ1v) is 8.16. The Morgan fingerprint density at radius 1 is 1.41 bits per heavy atom. The van der Waals surface area contributed by atoms with Gasteiger partial charge in [0.15, 0.2) is 0 Å². The topological polar surface area (TPSA) is 20.3 Å². The van der Waals surface area contributed by atoms with E-state index in [0.29, 0.717) is 19.4 Å². The Labute approximate surface area is 136 Å². The van der Waals surface area contributed by atoms with E-state index in [1.54, 1.807) is 0 Å². The van der Waals surface area contributed by atoms with Crippen molar-refractivity contribution in [1.82, 2.24) is 4.90 Å². The zero-order valence-electron chi connectivity index (χ0n) is 12.4. The maximum atomic E-state index is 12.8. The molecule has 1 atom stereocenters. The number of nitrogens with zero attached hydrogens (tertiary/aromatic N) is 1. The Kier molecular flexibility index (Phi) is 5.53. The molecule has 22 heavy (non-hydrogen) atoms. The SMILES string of the molecule is Cc1ccc(CCC(=O)N2CCCC(C(F)(F)F)C2)c(Br)c1. The number of aryl methyl sites for hydroxylation is 2. The van der Waals surface area contributed by atoms with Crippen molar-refractivity contribution in [2.75, 3.05) is 13.1 Å². The van der Waals surface area contributed by atoms with Gasteiger partial charge in [-0.05, 0) is 43.4 Å². The summed E-state index contributed by atoms with van der Waals surface area (Å²) in [5, 5.41) is 0. The zero-order chi connectivity index (χ0) is 16.3. The van der Waals surface area contributed by atoms with E-state index >= 15 is 0 Å². The van der Waals surface area contributed by atoms with Crippen molar-refractivity contribution in [3.05, 3.63) is 33.8 Å². The highest BCUT2D eigenvalue weighted by molar-refractivity contribution is 9.10. The van der Waals surface area contributed by atoms with Crippen LogP contribution in [-0.2, 0) is 11.2 Å². The van der Waals surface area contributed by atoms with E-state index in [0.717, 1.165) is 15.6 Å². The van der Waals surface area contributed by atoms with Crippen LogP contribution in [0.4, 0.5) is 13.2 Å². The van der Waals surface area contributed by atoms with Crippen molar-refractivity contribution in [2.24, 2.45) is 5.92 Å². The van der Waals surface area contributed by atoms with Gasteiger partial charge in [0.25, 0.3) is 0 Å². The molecule has 2 rings (SSSR count). The molecule has 0 N–H and O–H groups in total. The van der Waals surface area contributed by atoms with Crippen LogP contribution in [0.15, 0.2) is 22.7 Å². The molecule has 1 saturated heterocycles. The minimum Gasteiger partial charge on any atom is -0.342 e. The molecule has 122 valence electrons. The molecule has 0 saturated carbocycles. The lowest BCUT2D eigenvalue weighted by atomic mass is 9.97. The Morgan fingerprint density at radius 2 is 2.14 bits per heavy atom. The number of halogens is 4. The summed E-state index contributed by atoms with van der Waals surface area (Å²) in [5.41, 5.74) is 2.12. The second-order valence-electron chi connectivity index (χ2n) is 5.82. The van der Waals surface area contributed by atoms with E-state index in [9.17, 15) is 18.0 Å². The van der Waals surface area contributed by atoms with Gasteiger partial charge >= 0.3 is 6.18 Å². The molecular weight excluding hydrogens is 359 g/mol. The number of piperidine rings is 1. The number of benzene rings is 1. The molecule has 1 fully saturated rings. The maximum Gasteiger partial charge on any atom is 0.393 e. The third-order valence-electron chi connectivity index (χ3n) is 4.05. The third-order valence-corrected chi connectivity index (χ3v) is 4.79. The summed E-state index contributed by atoms with van der Waals surface area (Å²) in [5.74, 6) is -1.57. The fourth-order valence-corrected chi connectivity index (χ4v) is 3.42. The largest absolute Gasteiger partial charge is 0.393 e. The van der Waals surface area contributed by atoms with Crippen molar-refractivity contribution < 1.29 is 18.0 Å². The zero-order valence-corrected chi connectivity index (χ0v) is 14.0. The van der Waals surface area contributed by atoms with E-state index in [1.165, 1.54) is 4.90 Å². The van der Waals surface area contributed by atoms with E-state index in [2.05, 4.69) is 15.9 Å². The van der Waals surface area contributed by atoms with Crippen molar-refractivity contribution >= 4 is 21.8 Å². The highest BCUT2D eigenvalue weighted by atomic mass is 79.9. The normalized spacial score (nSPS) is 19.3. The number of hydrogen-bond acceptors (Lipinski definition) is 1. The predicted molar refractivity (Wildman–Crippen MR) is 82.6 cm³/mol. The molecule has 0 spiro atoms. The van der Waals surface area contributed by atoms with Crippen LogP contribution in [0.2, 0.25) is 0 Å². The van der Waals surface area contributed by atoms with Crippen molar-refractivity contribution in [2.45, 2.75) is 38.8 Å². The number of amides is 1. The van der Waals surface area contributed by atoms with Crippen LogP contribution in [-0.4, -0.2) is 30.1 Å². The average molecular weight is 378 g/mol. The second kappa shape index (κ2) is 7.02. The molecule has 0 bridgehead atoms.